The van der Waals surface area contributed by atoms with Crippen LogP contribution in [-0.4, -0.2) is 36.0 Å². The summed E-state index contributed by atoms with van der Waals surface area (Å²) in [5.41, 5.74) is 4.18. The van der Waals surface area contributed by atoms with Gasteiger partial charge in [0.2, 0.25) is 0 Å². The number of hydrogen-bond donors (Lipinski definition) is 1. The molecule has 2 aromatic rings. The Labute approximate surface area is 165 Å². The quantitative estimate of drug-likeness (QED) is 0.493. The Morgan fingerprint density at radius 2 is 1.75 bits per heavy atom. The SMILES string of the molecule is O=C(N/N=C\c1cccc(OCc2ccccc2)c1)C(=O)N1CCCCCC1. The van der Waals surface area contributed by atoms with E-state index >= 15 is 0 Å². The summed E-state index contributed by atoms with van der Waals surface area (Å²) >= 11 is 0. The van der Waals surface area contributed by atoms with Crippen molar-refractivity contribution >= 4 is 18.0 Å². The molecule has 0 unspecified atom stereocenters. The van der Waals surface area contributed by atoms with Crippen LogP contribution >= 0.6 is 0 Å². The van der Waals surface area contributed by atoms with Gasteiger partial charge in [0.05, 0.1) is 6.21 Å². The van der Waals surface area contributed by atoms with Crippen molar-refractivity contribution in [2.24, 2.45) is 5.10 Å². The lowest BCUT2D eigenvalue weighted by molar-refractivity contribution is -0.145. The molecule has 0 aromatic heterocycles. The van der Waals surface area contributed by atoms with Gasteiger partial charge in [-0.15, -0.1) is 0 Å². The normalized spacial score (nSPS) is 14.5. The van der Waals surface area contributed by atoms with E-state index in [0.29, 0.717) is 25.4 Å². The van der Waals surface area contributed by atoms with Crippen molar-refractivity contribution in [2.45, 2.75) is 32.3 Å². The molecule has 0 atom stereocenters. The van der Waals surface area contributed by atoms with Gasteiger partial charge < -0.3 is 9.64 Å². The van der Waals surface area contributed by atoms with E-state index in [1.807, 2.05) is 54.6 Å². The second-order valence-corrected chi connectivity index (χ2v) is 6.75. The van der Waals surface area contributed by atoms with E-state index in [1.165, 1.54) is 6.21 Å². The molecule has 1 fully saturated rings. The predicted molar refractivity (Wildman–Crippen MR) is 108 cm³/mol. The molecular formula is C22H25N3O3. The van der Waals surface area contributed by atoms with E-state index in [-0.39, 0.29) is 0 Å². The molecular weight excluding hydrogens is 354 g/mol. The topological polar surface area (TPSA) is 71.0 Å². The Morgan fingerprint density at radius 3 is 2.50 bits per heavy atom. The van der Waals surface area contributed by atoms with Gasteiger partial charge in [-0.05, 0) is 36.1 Å². The fraction of sp³-hybridized carbons (Fsp3) is 0.318. The molecule has 6 heteroatoms. The van der Waals surface area contributed by atoms with Gasteiger partial charge in [-0.25, -0.2) is 5.43 Å². The Hall–Kier alpha value is -3.15. The molecule has 6 nitrogen and oxygen atoms in total. The number of amides is 2. The number of hydrazone groups is 1. The summed E-state index contributed by atoms with van der Waals surface area (Å²) < 4.78 is 5.78. The van der Waals surface area contributed by atoms with Crippen LogP contribution in [0.1, 0.15) is 36.8 Å². The molecule has 1 aliphatic heterocycles. The third-order valence-electron chi connectivity index (χ3n) is 4.57. The minimum absolute atomic E-state index is 0.475. The third-order valence-corrected chi connectivity index (χ3v) is 4.57. The number of nitrogens with one attached hydrogen (secondary N) is 1. The summed E-state index contributed by atoms with van der Waals surface area (Å²) in [6.45, 7) is 1.75. The standard InChI is InChI=1S/C22H25N3O3/c26-21(22(27)25-13-6-1-2-7-14-25)24-23-16-19-11-8-12-20(15-19)28-17-18-9-4-3-5-10-18/h3-5,8-12,15-16H,1-2,6-7,13-14,17H2,(H,24,26)/b23-16-. The predicted octanol–water partition coefficient (Wildman–Crippen LogP) is 3.12. The maximum absolute atomic E-state index is 12.2. The summed E-state index contributed by atoms with van der Waals surface area (Å²) in [4.78, 5) is 25.8. The number of carbonyl (C=O) groups is 2. The van der Waals surface area contributed by atoms with Crippen molar-refractivity contribution in [3.8, 4) is 5.75 Å². The Balaban J connectivity index is 1.51. The zero-order valence-corrected chi connectivity index (χ0v) is 15.8. The van der Waals surface area contributed by atoms with Crippen molar-refractivity contribution in [3.63, 3.8) is 0 Å². The number of hydrogen-bond acceptors (Lipinski definition) is 4. The average molecular weight is 379 g/mol. The molecule has 0 radical (unpaired) electrons. The van der Waals surface area contributed by atoms with Crippen LogP contribution in [0.4, 0.5) is 0 Å². The second-order valence-electron chi connectivity index (χ2n) is 6.75. The molecule has 3 rings (SSSR count). The molecule has 1 heterocycles. The minimum atomic E-state index is -0.699. The van der Waals surface area contributed by atoms with E-state index in [0.717, 1.165) is 36.8 Å². The van der Waals surface area contributed by atoms with Crippen molar-refractivity contribution in [1.29, 1.82) is 0 Å². The highest BCUT2D eigenvalue weighted by Crippen LogP contribution is 2.14. The first-order valence-corrected chi connectivity index (χ1v) is 9.61. The zero-order valence-electron chi connectivity index (χ0n) is 15.8. The van der Waals surface area contributed by atoms with Gasteiger partial charge in [-0.2, -0.15) is 5.10 Å². The molecule has 0 bridgehead atoms. The summed E-state index contributed by atoms with van der Waals surface area (Å²) in [5, 5.41) is 3.91. The van der Waals surface area contributed by atoms with Gasteiger partial charge >= 0.3 is 11.8 Å². The molecule has 1 N–H and O–H groups in total. The fourth-order valence-corrected chi connectivity index (χ4v) is 3.06. The Morgan fingerprint density at radius 1 is 1.00 bits per heavy atom. The summed E-state index contributed by atoms with van der Waals surface area (Å²) in [6, 6.07) is 17.3. The van der Waals surface area contributed by atoms with E-state index < -0.39 is 11.8 Å². The molecule has 0 spiro atoms. The summed E-state index contributed by atoms with van der Waals surface area (Å²) in [6.07, 6.45) is 5.59. The molecule has 0 aliphatic carbocycles. The van der Waals surface area contributed by atoms with Gasteiger partial charge in [0.15, 0.2) is 0 Å². The smallest absolute Gasteiger partial charge is 0.329 e. The first-order chi connectivity index (χ1) is 13.7. The van der Waals surface area contributed by atoms with Crippen LogP contribution < -0.4 is 10.2 Å². The lowest BCUT2D eigenvalue weighted by Crippen LogP contribution is -2.41. The largest absolute Gasteiger partial charge is 0.489 e. The van der Waals surface area contributed by atoms with Crippen LogP contribution in [-0.2, 0) is 16.2 Å². The highest BCUT2D eigenvalue weighted by Gasteiger charge is 2.22. The highest BCUT2D eigenvalue weighted by molar-refractivity contribution is 6.35. The number of benzene rings is 2. The van der Waals surface area contributed by atoms with Crippen molar-refractivity contribution in [1.82, 2.24) is 10.3 Å². The number of nitrogens with zero attached hydrogens (tertiary/aromatic N) is 2. The molecule has 1 aliphatic rings. The first-order valence-electron chi connectivity index (χ1n) is 9.61. The van der Waals surface area contributed by atoms with Crippen LogP contribution in [0.2, 0.25) is 0 Å². The van der Waals surface area contributed by atoms with Crippen molar-refractivity contribution < 1.29 is 14.3 Å². The van der Waals surface area contributed by atoms with Crippen LogP contribution in [0.5, 0.6) is 5.75 Å². The van der Waals surface area contributed by atoms with Crippen molar-refractivity contribution in [2.75, 3.05) is 13.1 Å². The second kappa shape index (κ2) is 10.3. The molecule has 28 heavy (non-hydrogen) atoms. The maximum atomic E-state index is 12.2. The van der Waals surface area contributed by atoms with Gasteiger partial charge in [-0.3, -0.25) is 9.59 Å². The fourth-order valence-electron chi connectivity index (χ4n) is 3.06. The minimum Gasteiger partial charge on any atom is -0.489 e. The van der Waals surface area contributed by atoms with Crippen LogP contribution in [0, 0.1) is 0 Å². The number of rotatable bonds is 5. The number of carbonyl (C=O) groups excluding carboxylic acids is 2. The number of ether oxygens (including phenoxy) is 1. The highest BCUT2D eigenvalue weighted by atomic mass is 16.5. The average Bonchev–Trinajstić information content (AvgIpc) is 3.02. The Kier molecular flexibility index (Phi) is 7.18. The van der Waals surface area contributed by atoms with E-state index in [9.17, 15) is 9.59 Å². The van der Waals surface area contributed by atoms with Gasteiger partial charge in [-0.1, -0.05) is 55.3 Å². The summed E-state index contributed by atoms with van der Waals surface area (Å²) in [5.74, 6) is -0.506. The van der Waals surface area contributed by atoms with E-state index in [2.05, 4.69) is 10.5 Å². The van der Waals surface area contributed by atoms with Crippen LogP contribution in [0.15, 0.2) is 59.7 Å². The molecule has 0 saturated carbocycles. The monoisotopic (exact) mass is 379 g/mol. The van der Waals surface area contributed by atoms with Crippen molar-refractivity contribution in [3.05, 3.63) is 65.7 Å². The van der Waals surface area contributed by atoms with E-state index in [4.69, 9.17) is 4.74 Å². The van der Waals surface area contributed by atoms with Crippen LogP contribution in [0.25, 0.3) is 0 Å². The Bertz CT molecular complexity index is 813. The summed E-state index contributed by atoms with van der Waals surface area (Å²) in [7, 11) is 0. The zero-order chi connectivity index (χ0) is 19.6. The van der Waals surface area contributed by atoms with Gasteiger partial charge in [0, 0.05) is 13.1 Å². The molecule has 146 valence electrons. The molecule has 2 amide bonds. The van der Waals surface area contributed by atoms with E-state index in [1.54, 1.807) is 4.90 Å². The first kappa shape index (κ1) is 19.6. The van der Waals surface area contributed by atoms with Gasteiger partial charge in [0.25, 0.3) is 0 Å². The number of likely N-dealkylation sites (tertiary alicyclic amines) is 1. The van der Waals surface area contributed by atoms with Gasteiger partial charge in [0.1, 0.15) is 12.4 Å². The van der Waals surface area contributed by atoms with Crippen LogP contribution in [0.3, 0.4) is 0 Å². The maximum Gasteiger partial charge on any atom is 0.329 e. The lowest BCUT2D eigenvalue weighted by atomic mass is 10.2. The lowest BCUT2D eigenvalue weighted by Gasteiger charge is -2.18. The molecule has 2 aromatic carbocycles. The third kappa shape index (κ3) is 5.94. The molecule has 1 saturated heterocycles.